The number of nitriles is 1. The highest BCUT2D eigenvalue weighted by atomic mass is 16.6. The SMILES string of the molecule is COC(=O)[C@H]1[C@@H](c2ccccc2)[C@@]2(c3ccc(OC)cc3)Oc3cc(OCCCC#N)cc(OC)c3[C@]2(O)[C@H]1O. The molecule has 0 unspecified atom stereocenters. The minimum atomic E-state index is -2.14. The van der Waals surface area contributed by atoms with E-state index in [9.17, 15) is 15.0 Å². The fourth-order valence-corrected chi connectivity index (χ4v) is 6.21. The predicted octanol–water partition coefficient (Wildman–Crippen LogP) is 3.81. The van der Waals surface area contributed by atoms with Crippen LogP contribution in [0.1, 0.15) is 35.4 Å². The summed E-state index contributed by atoms with van der Waals surface area (Å²) in [6.45, 7) is 0.295. The largest absolute Gasteiger partial charge is 0.497 e. The average Bonchev–Trinajstić information content (AvgIpc) is 3.37. The van der Waals surface area contributed by atoms with Gasteiger partial charge in [-0.15, -0.1) is 0 Å². The van der Waals surface area contributed by atoms with Gasteiger partial charge < -0.3 is 33.9 Å². The second-order valence-electron chi connectivity index (χ2n) is 9.82. The zero-order valence-corrected chi connectivity index (χ0v) is 22.5. The summed E-state index contributed by atoms with van der Waals surface area (Å²) in [4.78, 5) is 13.3. The summed E-state index contributed by atoms with van der Waals surface area (Å²) in [5.74, 6) is -1.26. The van der Waals surface area contributed by atoms with Crippen molar-refractivity contribution >= 4 is 5.97 Å². The second kappa shape index (κ2) is 10.7. The van der Waals surface area contributed by atoms with E-state index in [0.29, 0.717) is 42.1 Å². The molecule has 1 heterocycles. The number of rotatable bonds is 9. The van der Waals surface area contributed by atoms with Crippen LogP contribution >= 0.6 is 0 Å². The van der Waals surface area contributed by atoms with Crippen LogP contribution in [0.4, 0.5) is 0 Å². The first-order valence-corrected chi connectivity index (χ1v) is 13.0. The molecule has 0 aromatic heterocycles. The van der Waals surface area contributed by atoms with Gasteiger partial charge in [0.25, 0.3) is 0 Å². The molecule has 5 rings (SSSR count). The Kier molecular flexibility index (Phi) is 7.32. The van der Waals surface area contributed by atoms with Gasteiger partial charge in [0.1, 0.15) is 29.1 Å². The van der Waals surface area contributed by atoms with Crippen molar-refractivity contribution in [3.8, 4) is 29.1 Å². The van der Waals surface area contributed by atoms with Crippen LogP contribution in [0, 0.1) is 17.2 Å². The summed E-state index contributed by atoms with van der Waals surface area (Å²) in [7, 11) is 4.24. The van der Waals surface area contributed by atoms with Gasteiger partial charge in [-0.25, -0.2) is 0 Å². The lowest BCUT2D eigenvalue weighted by Gasteiger charge is -2.40. The molecule has 208 valence electrons. The lowest BCUT2D eigenvalue weighted by atomic mass is 9.70. The van der Waals surface area contributed by atoms with Gasteiger partial charge in [0, 0.05) is 24.5 Å². The van der Waals surface area contributed by atoms with Gasteiger partial charge in [0.15, 0.2) is 11.2 Å². The van der Waals surface area contributed by atoms with Crippen molar-refractivity contribution in [1.82, 2.24) is 0 Å². The zero-order valence-electron chi connectivity index (χ0n) is 22.5. The average molecular weight is 546 g/mol. The number of carbonyl (C=O) groups is 1. The van der Waals surface area contributed by atoms with Crippen molar-refractivity contribution in [3.05, 3.63) is 83.4 Å². The Bertz CT molecular complexity index is 1420. The highest BCUT2D eigenvalue weighted by Crippen LogP contribution is 2.70. The molecule has 0 bridgehead atoms. The van der Waals surface area contributed by atoms with Crippen LogP contribution < -0.4 is 18.9 Å². The molecule has 1 aliphatic heterocycles. The molecule has 40 heavy (non-hydrogen) atoms. The van der Waals surface area contributed by atoms with Gasteiger partial charge >= 0.3 is 5.97 Å². The monoisotopic (exact) mass is 545 g/mol. The first-order valence-electron chi connectivity index (χ1n) is 13.0. The van der Waals surface area contributed by atoms with Gasteiger partial charge in [-0.3, -0.25) is 4.79 Å². The van der Waals surface area contributed by atoms with Gasteiger partial charge in [0.2, 0.25) is 0 Å². The summed E-state index contributed by atoms with van der Waals surface area (Å²) in [6.07, 6.45) is -0.755. The number of aliphatic hydroxyl groups excluding tert-OH is 1. The van der Waals surface area contributed by atoms with Crippen LogP contribution in [0.5, 0.6) is 23.0 Å². The van der Waals surface area contributed by atoms with Crippen molar-refractivity contribution in [3.63, 3.8) is 0 Å². The molecule has 9 nitrogen and oxygen atoms in total. The summed E-state index contributed by atoms with van der Waals surface area (Å²) < 4.78 is 28.9. The van der Waals surface area contributed by atoms with Gasteiger partial charge in [0.05, 0.1) is 45.5 Å². The zero-order chi connectivity index (χ0) is 28.5. The number of hydrogen-bond donors (Lipinski definition) is 2. The fraction of sp³-hybridized carbons (Fsp3) is 0.355. The maximum atomic E-state index is 13.3. The Morgan fingerprint density at radius 2 is 1.75 bits per heavy atom. The standard InChI is InChI=1S/C31H31NO8/c1-36-21-13-11-20(12-14-21)31-26(19-9-5-4-6-10-19)25(29(34)38-3)28(33)30(31,35)27-23(37-2)17-22(18-24(27)40-31)39-16-8-7-15-32/h4-6,9-14,17-18,25-26,28,33,35H,7-8,16H2,1-3H3/t25-,26+,28-,30-,31+/m0/s1. The smallest absolute Gasteiger partial charge is 0.312 e. The Labute approximate surface area is 232 Å². The molecule has 3 aromatic rings. The Morgan fingerprint density at radius 1 is 1.02 bits per heavy atom. The van der Waals surface area contributed by atoms with Crippen molar-refractivity contribution in [1.29, 1.82) is 5.26 Å². The maximum absolute atomic E-state index is 13.3. The van der Waals surface area contributed by atoms with Crippen molar-refractivity contribution < 1.29 is 38.7 Å². The van der Waals surface area contributed by atoms with E-state index in [-0.39, 0.29) is 17.1 Å². The minimum absolute atomic E-state index is 0.204. The van der Waals surface area contributed by atoms with Gasteiger partial charge in [-0.05, 0) is 29.7 Å². The number of esters is 1. The van der Waals surface area contributed by atoms with Crippen LogP contribution in [-0.4, -0.2) is 50.2 Å². The highest BCUT2D eigenvalue weighted by molar-refractivity contribution is 5.78. The molecule has 0 spiro atoms. The number of methoxy groups -OCH3 is 3. The lowest BCUT2D eigenvalue weighted by Crippen LogP contribution is -2.52. The molecule has 1 saturated carbocycles. The second-order valence-corrected chi connectivity index (χ2v) is 9.82. The third-order valence-corrected chi connectivity index (χ3v) is 7.90. The number of ether oxygens (including phenoxy) is 5. The molecule has 1 fully saturated rings. The van der Waals surface area contributed by atoms with E-state index in [2.05, 4.69) is 6.07 Å². The van der Waals surface area contributed by atoms with Crippen LogP contribution in [0.2, 0.25) is 0 Å². The van der Waals surface area contributed by atoms with Crippen LogP contribution in [0.25, 0.3) is 0 Å². The fourth-order valence-electron chi connectivity index (χ4n) is 6.21. The number of hydrogen-bond acceptors (Lipinski definition) is 9. The molecule has 2 N–H and O–H groups in total. The number of nitrogens with zero attached hydrogens (tertiary/aromatic N) is 1. The molecule has 0 amide bonds. The van der Waals surface area contributed by atoms with Crippen molar-refractivity contribution in [2.45, 2.75) is 36.1 Å². The van der Waals surface area contributed by atoms with E-state index in [0.717, 1.165) is 0 Å². The molecule has 5 atom stereocenters. The maximum Gasteiger partial charge on any atom is 0.312 e. The summed E-state index contributed by atoms with van der Waals surface area (Å²) in [6, 6.07) is 21.5. The number of unbranched alkanes of at least 4 members (excludes halogenated alkanes) is 1. The normalized spacial score (nSPS) is 26.1. The minimum Gasteiger partial charge on any atom is -0.497 e. The highest BCUT2D eigenvalue weighted by Gasteiger charge is 2.78. The molecular weight excluding hydrogens is 514 g/mol. The predicted molar refractivity (Wildman–Crippen MR) is 143 cm³/mol. The van der Waals surface area contributed by atoms with Gasteiger partial charge in [-0.1, -0.05) is 42.5 Å². The molecular formula is C31H31NO8. The van der Waals surface area contributed by atoms with Crippen LogP contribution in [-0.2, 0) is 20.7 Å². The lowest BCUT2D eigenvalue weighted by molar-refractivity contribution is -0.161. The number of carbonyl (C=O) groups excluding carboxylic acids is 1. The quantitative estimate of drug-likeness (QED) is 0.305. The number of fused-ring (bicyclic) bond motifs is 3. The summed E-state index contributed by atoms with van der Waals surface area (Å²) in [5.41, 5.74) is -2.42. The Morgan fingerprint density at radius 3 is 2.38 bits per heavy atom. The molecule has 1 aliphatic carbocycles. The summed E-state index contributed by atoms with van der Waals surface area (Å²) in [5, 5.41) is 33.6. The number of aliphatic hydroxyl groups is 2. The third-order valence-electron chi connectivity index (χ3n) is 7.90. The first kappa shape index (κ1) is 27.3. The Hall–Kier alpha value is -4.26. The summed E-state index contributed by atoms with van der Waals surface area (Å²) >= 11 is 0. The molecule has 0 radical (unpaired) electrons. The van der Waals surface area contributed by atoms with E-state index in [1.807, 2.05) is 30.3 Å². The number of benzene rings is 3. The van der Waals surface area contributed by atoms with E-state index in [1.165, 1.54) is 14.2 Å². The topological polar surface area (TPSA) is 127 Å². The third kappa shape index (κ3) is 3.95. The Balaban J connectivity index is 1.77. The van der Waals surface area contributed by atoms with Gasteiger partial charge in [-0.2, -0.15) is 5.26 Å². The van der Waals surface area contributed by atoms with Crippen molar-refractivity contribution in [2.75, 3.05) is 27.9 Å². The van der Waals surface area contributed by atoms with Crippen LogP contribution in [0.3, 0.4) is 0 Å². The molecule has 0 saturated heterocycles. The van der Waals surface area contributed by atoms with Crippen LogP contribution in [0.15, 0.2) is 66.7 Å². The van der Waals surface area contributed by atoms with E-state index in [1.54, 1.807) is 43.5 Å². The molecule has 3 aromatic carbocycles. The van der Waals surface area contributed by atoms with E-state index >= 15 is 0 Å². The van der Waals surface area contributed by atoms with E-state index in [4.69, 9.17) is 28.9 Å². The molecule has 2 aliphatic rings. The van der Waals surface area contributed by atoms with Crippen molar-refractivity contribution in [2.24, 2.45) is 5.92 Å². The molecule has 9 heteroatoms. The van der Waals surface area contributed by atoms with E-state index < -0.39 is 35.1 Å². The first-order chi connectivity index (χ1) is 19.4.